The number of hydrogen-bond acceptors (Lipinski definition) is 3. The largest absolute Gasteiger partial charge is 0.492 e. The first kappa shape index (κ1) is 14.0. The van der Waals surface area contributed by atoms with Crippen LogP contribution in [0, 0.1) is 0 Å². The average Bonchev–Trinajstić information content (AvgIpc) is 2.45. The molecule has 0 saturated heterocycles. The summed E-state index contributed by atoms with van der Waals surface area (Å²) in [6, 6.07) is 18.3. The van der Waals surface area contributed by atoms with Crippen molar-refractivity contribution >= 4 is 11.8 Å². The highest BCUT2D eigenvalue weighted by Gasteiger charge is 2.06. The van der Waals surface area contributed by atoms with Gasteiger partial charge in [0.1, 0.15) is 5.75 Å². The molecular weight excluding hydrogens is 254 g/mol. The number of hydrogen-bond donors (Lipinski definition) is 1. The van der Waals surface area contributed by atoms with Gasteiger partial charge in [-0.1, -0.05) is 36.4 Å². The first-order valence-electron chi connectivity index (χ1n) is 6.42. The van der Waals surface area contributed by atoms with Crippen molar-refractivity contribution in [3.05, 3.63) is 60.2 Å². The van der Waals surface area contributed by atoms with Crippen LogP contribution in [0.5, 0.6) is 5.75 Å². The quantitative estimate of drug-likeness (QED) is 0.641. The molecule has 2 aromatic carbocycles. The molecule has 0 aliphatic heterocycles. The second-order valence-corrected chi connectivity index (χ2v) is 5.50. The van der Waals surface area contributed by atoms with E-state index in [2.05, 4.69) is 24.3 Å². The number of benzene rings is 2. The minimum atomic E-state index is -0.00187. The van der Waals surface area contributed by atoms with E-state index in [-0.39, 0.29) is 6.04 Å². The first-order valence-corrected chi connectivity index (χ1v) is 7.41. The fourth-order valence-corrected chi connectivity index (χ4v) is 2.57. The van der Waals surface area contributed by atoms with Gasteiger partial charge in [0.2, 0.25) is 0 Å². The molecule has 3 heteroatoms. The Morgan fingerprint density at radius 1 is 1.05 bits per heavy atom. The van der Waals surface area contributed by atoms with E-state index in [1.807, 2.05) is 37.3 Å². The lowest BCUT2D eigenvalue weighted by molar-refractivity contribution is 0.338. The van der Waals surface area contributed by atoms with Gasteiger partial charge in [-0.25, -0.2) is 0 Å². The summed E-state index contributed by atoms with van der Waals surface area (Å²) in [5.74, 6) is 1.82. The van der Waals surface area contributed by atoms with Gasteiger partial charge in [0, 0.05) is 22.3 Å². The second kappa shape index (κ2) is 7.22. The van der Waals surface area contributed by atoms with Gasteiger partial charge < -0.3 is 10.5 Å². The summed E-state index contributed by atoms with van der Waals surface area (Å²) in [6.45, 7) is 2.66. The number of nitrogens with two attached hydrogens (primary N) is 1. The molecule has 0 heterocycles. The van der Waals surface area contributed by atoms with Crippen molar-refractivity contribution in [1.29, 1.82) is 0 Å². The van der Waals surface area contributed by atoms with Crippen LogP contribution < -0.4 is 10.5 Å². The molecule has 2 nitrogen and oxygen atoms in total. The maximum absolute atomic E-state index is 5.92. The van der Waals surface area contributed by atoms with Crippen molar-refractivity contribution in [1.82, 2.24) is 0 Å². The Kier molecular flexibility index (Phi) is 5.31. The van der Waals surface area contributed by atoms with Crippen LogP contribution in [-0.4, -0.2) is 12.4 Å². The van der Waals surface area contributed by atoms with Crippen LogP contribution in [0.2, 0.25) is 0 Å². The van der Waals surface area contributed by atoms with Crippen molar-refractivity contribution in [2.45, 2.75) is 17.9 Å². The summed E-state index contributed by atoms with van der Waals surface area (Å²) < 4.78 is 5.82. The molecule has 0 radical (unpaired) electrons. The third kappa shape index (κ3) is 4.30. The summed E-state index contributed by atoms with van der Waals surface area (Å²) in [7, 11) is 0. The summed E-state index contributed by atoms with van der Waals surface area (Å²) in [5, 5.41) is 0. The van der Waals surface area contributed by atoms with Gasteiger partial charge >= 0.3 is 0 Å². The molecule has 0 unspecified atom stereocenters. The van der Waals surface area contributed by atoms with Crippen molar-refractivity contribution < 1.29 is 4.74 Å². The number of ether oxygens (including phenoxy) is 1. The monoisotopic (exact) mass is 273 g/mol. The SMILES string of the molecule is C[C@@H](N)c1ccccc1OCCSc1ccccc1. The smallest absolute Gasteiger partial charge is 0.124 e. The lowest BCUT2D eigenvalue weighted by Gasteiger charge is -2.13. The van der Waals surface area contributed by atoms with Crippen LogP contribution in [0.15, 0.2) is 59.5 Å². The van der Waals surface area contributed by atoms with Crippen LogP contribution >= 0.6 is 11.8 Å². The lowest BCUT2D eigenvalue weighted by atomic mass is 10.1. The van der Waals surface area contributed by atoms with Gasteiger partial charge in [0.15, 0.2) is 0 Å². The van der Waals surface area contributed by atoms with E-state index >= 15 is 0 Å². The Balaban J connectivity index is 1.83. The molecular formula is C16H19NOS. The van der Waals surface area contributed by atoms with E-state index in [4.69, 9.17) is 10.5 Å². The van der Waals surface area contributed by atoms with Gasteiger partial charge in [-0.05, 0) is 25.1 Å². The van der Waals surface area contributed by atoms with Gasteiger partial charge in [0.25, 0.3) is 0 Å². The third-order valence-electron chi connectivity index (χ3n) is 2.76. The summed E-state index contributed by atoms with van der Waals surface area (Å²) in [6.07, 6.45) is 0. The number of thioether (sulfide) groups is 1. The van der Waals surface area contributed by atoms with Gasteiger partial charge in [-0.3, -0.25) is 0 Å². The van der Waals surface area contributed by atoms with E-state index in [0.29, 0.717) is 6.61 Å². The highest BCUT2D eigenvalue weighted by atomic mass is 32.2. The molecule has 100 valence electrons. The molecule has 0 aromatic heterocycles. The van der Waals surface area contributed by atoms with Crippen molar-refractivity contribution in [3.8, 4) is 5.75 Å². The Bertz CT molecular complexity index is 499. The highest BCUT2D eigenvalue weighted by molar-refractivity contribution is 7.99. The molecule has 2 rings (SSSR count). The van der Waals surface area contributed by atoms with Crippen LogP contribution in [-0.2, 0) is 0 Å². The molecule has 19 heavy (non-hydrogen) atoms. The zero-order valence-electron chi connectivity index (χ0n) is 11.1. The van der Waals surface area contributed by atoms with E-state index in [1.54, 1.807) is 11.8 Å². The highest BCUT2D eigenvalue weighted by Crippen LogP contribution is 2.24. The predicted molar refractivity (Wildman–Crippen MR) is 81.7 cm³/mol. The summed E-state index contributed by atoms with van der Waals surface area (Å²) in [5.41, 5.74) is 6.99. The summed E-state index contributed by atoms with van der Waals surface area (Å²) >= 11 is 1.80. The summed E-state index contributed by atoms with van der Waals surface area (Å²) in [4.78, 5) is 1.27. The average molecular weight is 273 g/mol. The zero-order valence-corrected chi connectivity index (χ0v) is 11.9. The Labute approximate surface area is 119 Å². The molecule has 0 saturated carbocycles. The van der Waals surface area contributed by atoms with Crippen molar-refractivity contribution in [3.63, 3.8) is 0 Å². The van der Waals surface area contributed by atoms with Crippen molar-refractivity contribution in [2.75, 3.05) is 12.4 Å². The standard InChI is InChI=1S/C16H19NOS/c1-13(17)15-9-5-6-10-16(15)18-11-12-19-14-7-3-2-4-8-14/h2-10,13H,11-12,17H2,1H3/t13-/m1/s1. The molecule has 0 aliphatic rings. The van der Waals surface area contributed by atoms with E-state index in [1.165, 1.54) is 4.90 Å². The molecule has 0 spiro atoms. The van der Waals surface area contributed by atoms with Crippen LogP contribution in [0.4, 0.5) is 0 Å². The molecule has 0 fully saturated rings. The molecule has 0 aliphatic carbocycles. The van der Waals surface area contributed by atoms with E-state index in [0.717, 1.165) is 17.1 Å². The first-order chi connectivity index (χ1) is 9.27. The van der Waals surface area contributed by atoms with Crippen LogP contribution in [0.3, 0.4) is 0 Å². The zero-order chi connectivity index (χ0) is 13.5. The fourth-order valence-electron chi connectivity index (χ4n) is 1.82. The van der Waals surface area contributed by atoms with E-state index < -0.39 is 0 Å². The molecule has 2 aromatic rings. The molecule has 0 amide bonds. The molecule has 1 atom stereocenters. The van der Waals surface area contributed by atoms with Crippen molar-refractivity contribution in [2.24, 2.45) is 5.73 Å². The van der Waals surface area contributed by atoms with Crippen LogP contribution in [0.1, 0.15) is 18.5 Å². The maximum Gasteiger partial charge on any atom is 0.124 e. The molecule has 0 bridgehead atoms. The number of rotatable bonds is 6. The maximum atomic E-state index is 5.92. The van der Waals surface area contributed by atoms with E-state index in [9.17, 15) is 0 Å². The lowest BCUT2D eigenvalue weighted by Crippen LogP contribution is -2.09. The van der Waals surface area contributed by atoms with Gasteiger partial charge in [-0.2, -0.15) is 0 Å². The minimum absolute atomic E-state index is 0.00187. The van der Waals surface area contributed by atoms with Crippen LogP contribution in [0.25, 0.3) is 0 Å². The molecule has 2 N–H and O–H groups in total. The predicted octanol–water partition coefficient (Wildman–Crippen LogP) is 3.88. The van der Waals surface area contributed by atoms with Gasteiger partial charge in [0.05, 0.1) is 6.61 Å². The van der Waals surface area contributed by atoms with Gasteiger partial charge in [-0.15, -0.1) is 11.8 Å². The second-order valence-electron chi connectivity index (χ2n) is 4.34. The Morgan fingerprint density at radius 2 is 1.74 bits per heavy atom. The Hall–Kier alpha value is -1.45. The topological polar surface area (TPSA) is 35.2 Å². The normalized spacial score (nSPS) is 12.1. The third-order valence-corrected chi connectivity index (χ3v) is 3.74. The fraction of sp³-hybridized carbons (Fsp3) is 0.250. The Morgan fingerprint density at radius 3 is 2.47 bits per heavy atom. The minimum Gasteiger partial charge on any atom is -0.492 e. The number of para-hydroxylation sites is 1.